The molecule has 0 atom stereocenters. The summed E-state index contributed by atoms with van der Waals surface area (Å²) in [6.45, 7) is 0. The number of benzene rings is 1. The quantitative estimate of drug-likeness (QED) is 0.474. The van der Waals surface area contributed by atoms with Crippen molar-refractivity contribution in [2.45, 2.75) is 116 Å². The van der Waals surface area contributed by atoms with Crippen molar-refractivity contribution in [2.75, 3.05) is 0 Å². The van der Waals surface area contributed by atoms with E-state index < -0.39 is 0 Å². The van der Waals surface area contributed by atoms with Gasteiger partial charge in [-0.2, -0.15) is 0 Å². The molecule has 1 aromatic carbocycles. The summed E-state index contributed by atoms with van der Waals surface area (Å²) in [5.74, 6) is 0. The molecule has 3 aliphatic carbocycles. The molecule has 0 N–H and O–H groups in total. The van der Waals surface area contributed by atoms with E-state index >= 15 is 0 Å². The third kappa shape index (κ3) is 5.04. The average Bonchev–Trinajstić information content (AvgIpc) is 2.72. The zero-order chi connectivity index (χ0) is 17.6. The molecule has 26 heavy (non-hydrogen) atoms. The first-order chi connectivity index (χ1) is 12.9. The molecule has 0 saturated heterocycles. The molecule has 0 nitrogen and oxygen atoms in total. The molecule has 0 amide bonds. The van der Waals surface area contributed by atoms with E-state index in [1.165, 1.54) is 69.1 Å². The minimum Gasteiger partial charge on any atom is -0.123 e. The number of rotatable bonds is 5. The van der Waals surface area contributed by atoms with Crippen LogP contribution in [0.2, 0.25) is 0 Å². The van der Waals surface area contributed by atoms with Crippen LogP contribution in [0.4, 0.5) is 0 Å². The lowest BCUT2D eigenvalue weighted by Crippen LogP contribution is -2.44. The summed E-state index contributed by atoms with van der Waals surface area (Å²) in [5.41, 5.74) is 0. The summed E-state index contributed by atoms with van der Waals surface area (Å²) in [6, 6.07) is 11.1. The smallest absolute Gasteiger partial charge is 0.118 e. The largest absolute Gasteiger partial charge is 0.123 e. The van der Waals surface area contributed by atoms with Gasteiger partial charge in [0.05, 0.1) is 0 Å². The van der Waals surface area contributed by atoms with Crippen LogP contribution in [0.15, 0.2) is 35.2 Å². The van der Waals surface area contributed by atoms with E-state index in [-0.39, 0.29) is 0 Å². The Balaban J connectivity index is 1.37. The van der Waals surface area contributed by atoms with Gasteiger partial charge >= 0.3 is 0 Å². The molecule has 1 aromatic rings. The Bertz CT molecular complexity index is 490. The SMILES string of the molecule is c1ccc(SC2CCC([S+](C3CCCCC3)C3CCCCC3)CC2)cc1. The first kappa shape index (κ1) is 19.2. The third-order valence-corrected chi connectivity index (χ3v) is 12.0. The topological polar surface area (TPSA) is 0 Å². The standard InChI is InChI=1S/C24H37S2/c1-4-10-20(11-5-1)25-21-16-18-24(19-17-21)26(22-12-6-2-7-13-22)23-14-8-3-9-15-23/h1,4-5,10-11,21-24H,2-3,6-9,12-19H2/q+1. The minimum absolute atomic E-state index is 0.746. The van der Waals surface area contributed by atoms with Gasteiger partial charge in [0.25, 0.3) is 0 Å². The van der Waals surface area contributed by atoms with E-state index in [2.05, 4.69) is 42.1 Å². The van der Waals surface area contributed by atoms with Gasteiger partial charge < -0.3 is 0 Å². The van der Waals surface area contributed by atoms with Crippen molar-refractivity contribution in [3.05, 3.63) is 30.3 Å². The number of hydrogen-bond donors (Lipinski definition) is 0. The van der Waals surface area contributed by atoms with Crippen molar-refractivity contribution in [3.63, 3.8) is 0 Å². The maximum atomic E-state index is 2.30. The van der Waals surface area contributed by atoms with Crippen LogP contribution < -0.4 is 0 Å². The normalized spacial score (nSPS) is 29.1. The van der Waals surface area contributed by atoms with Crippen LogP contribution in [0.5, 0.6) is 0 Å². The number of hydrogen-bond acceptors (Lipinski definition) is 1. The van der Waals surface area contributed by atoms with Crippen molar-refractivity contribution in [2.24, 2.45) is 0 Å². The molecule has 4 rings (SSSR count). The molecule has 0 spiro atoms. The highest BCUT2D eigenvalue weighted by atomic mass is 32.2. The van der Waals surface area contributed by atoms with Crippen LogP contribution in [0.25, 0.3) is 0 Å². The summed E-state index contributed by atoms with van der Waals surface area (Å²) in [5, 5.41) is 4.16. The van der Waals surface area contributed by atoms with Gasteiger partial charge in [-0.15, -0.1) is 11.8 Å². The summed E-state index contributed by atoms with van der Waals surface area (Å²) in [7, 11) is 0.746. The average molecular weight is 390 g/mol. The van der Waals surface area contributed by atoms with Crippen molar-refractivity contribution < 1.29 is 0 Å². The second-order valence-electron chi connectivity index (χ2n) is 8.76. The minimum atomic E-state index is 0.746. The maximum Gasteiger partial charge on any atom is 0.118 e. The van der Waals surface area contributed by atoms with E-state index in [4.69, 9.17) is 0 Å². The van der Waals surface area contributed by atoms with Crippen molar-refractivity contribution in [1.29, 1.82) is 0 Å². The molecule has 0 radical (unpaired) electrons. The van der Waals surface area contributed by atoms with Gasteiger partial charge in [-0.1, -0.05) is 31.0 Å². The van der Waals surface area contributed by atoms with E-state index in [1.54, 1.807) is 25.7 Å². The molecule has 0 aromatic heterocycles. The highest BCUT2D eigenvalue weighted by Crippen LogP contribution is 2.43. The third-order valence-electron chi connectivity index (χ3n) is 6.93. The van der Waals surface area contributed by atoms with Gasteiger partial charge in [-0.25, -0.2) is 0 Å². The molecule has 0 heterocycles. The Labute approximate surface area is 168 Å². The number of thioether (sulfide) groups is 1. The molecular weight excluding hydrogens is 352 g/mol. The van der Waals surface area contributed by atoms with Crippen molar-refractivity contribution in [1.82, 2.24) is 0 Å². The lowest BCUT2D eigenvalue weighted by atomic mass is 9.98. The molecule has 0 bridgehead atoms. The molecular formula is C24H37S2+. The van der Waals surface area contributed by atoms with E-state index in [1.807, 2.05) is 0 Å². The zero-order valence-electron chi connectivity index (χ0n) is 16.4. The van der Waals surface area contributed by atoms with Gasteiger partial charge in [0.15, 0.2) is 0 Å². The molecule has 144 valence electrons. The van der Waals surface area contributed by atoms with Crippen molar-refractivity contribution in [3.8, 4) is 0 Å². The van der Waals surface area contributed by atoms with Crippen LogP contribution in [-0.2, 0) is 10.9 Å². The van der Waals surface area contributed by atoms with Crippen LogP contribution in [0, 0.1) is 0 Å². The van der Waals surface area contributed by atoms with Crippen LogP contribution in [-0.4, -0.2) is 21.0 Å². The Hall–Kier alpha value is -0.0800. The Morgan fingerprint density at radius 3 is 1.62 bits per heavy atom. The van der Waals surface area contributed by atoms with E-state index in [0.29, 0.717) is 0 Å². The van der Waals surface area contributed by atoms with E-state index in [0.717, 1.165) is 31.9 Å². The predicted octanol–water partition coefficient (Wildman–Crippen LogP) is 7.37. The molecule has 3 fully saturated rings. The van der Waals surface area contributed by atoms with Gasteiger partial charge in [0.1, 0.15) is 15.7 Å². The summed E-state index contributed by atoms with van der Waals surface area (Å²) in [6.07, 6.45) is 21.4. The molecule has 2 heteroatoms. The molecule has 0 aliphatic heterocycles. The fourth-order valence-electron chi connectivity index (χ4n) is 5.60. The molecule has 3 saturated carbocycles. The van der Waals surface area contributed by atoms with Gasteiger partial charge in [0, 0.05) is 10.1 Å². The Morgan fingerprint density at radius 1 is 0.577 bits per heavy atom. The summed E-state index contributed by atoms with van der Waals surface area (Å²) >= 11 is 2.15. The van der Waals surface area contributed by atoms with Gasteiger partial charge in [-0.05, 0) is 100 Å². The highest BCUT2D eigenvalue weighted by Gasteiger charge is 2.46. The van der Waals surface area contributed by atoms with Crippen LogP contribution >= 0.6 is 11.8 Å². The van der Waals surface area contributed by atoms with Crippen LogP contribution in [0.3, 0.4) is 0 Å². The summed E-state index contributed by atoms with van der Waals surface area (Å²) < 4.78 is 0. The highest BCUT2D eigenvalue weighted by molar-refractivity contribution is 8.00. The molecule has 0 unspecified atom stereocenters. The lowest BCUT2D eigenvalue weighted by molar-refractivity contribution is 0.469. The second-order valence-corrected chi connectivity index (χ2v) is 12.9. The fourth-order valence-corrected chi connectivity index (χ4v) is 11.0. The Morgan fingerprint density at radius 2 is 1.08 bits per heavy atom. The van der Waals surface area contributed by atoms with E-state index in [9.17, 15) is 0 Å². The predicted molar refractivity (Wildman–Crippen MR) is 119 cm³/mol. The zero-order valence-corrected chi connectivity index (χ0v) is 18.0. The summed E-state index contributed by atoms with van der Waals surface area (Å²) in [4.78, 5) is 1.48. The maximum absolute atomic E-state index is 2.30. The van der Waals surface area contributed by atoms with Crippen molar-refractivity contribution >= 4 is 22.7 Å². The Kier molecular flexibility index (Phi) is 7.34. The van der Waals surface area contributed by atoms with Gasteiger partial charge in [0.2, 0.25) is 0 Å². The second kappa shape index (κ2) is 9.92. The fraction of sp³-hybridized carbons (Fsp3) is 0.750. The molecule has 3 aliphatic rings. The first-order valence-corrected chi connectivity index (χ1v) is 13.6. The van der Waals surface area contributed by atoms with Crippen LogP contribution in [0.1, 0.15) is 89.9 Å². The van der Waals surface area contributed by atoms with Gasteiger partial charge in [-0.3, -0.25) is 0 Å². The first-order valence-electron chi connectivity index (χ1n) is 11.3. The lowest BCUT2D eigenvalue weighted by Gasteiger charge is -2.37. The monoisotopic (exact) mass is 389 g/mol.